The Labute approximate surface area is 112 Å². The van der Waals surface area contributed by atoms with Crippen LogP contribution in [0.2, 0.25) is 0 Å². The normalized spacial score (nSPS) is 17.1. The predicted molar refractivity (Wildman–Crippen MR) is 74.2 cm³/mol. The molecule has 1 atom stereocenters. The smallest absolute Gasteiger partial charge is 0.0505 e. The number of benzene rings is 1. The van der Waals surface area contributed by atoms with Crippen molar-refractivity contribution in [2.24, 2.45) is 5.92 Å². The molecule has 1 unspecified atom stereocenters. The molecule has 1 saturated carbocycles. The predicted octanol–water partition coefficient (Wildman–Crippen LogP) is 3.01. The second-order valence-corrected chi connectivity index (χ2v) is 5.75. The number of rotatable bonds is 7. The van der Waals surface area contributed by atoms with Crippen molar-refractivity contribution < 1.29 is 4.74 Å². The molecule has 2 nitrogen and oxygen atoms in total. The summed E-state index contributed by atoms with van der Waals surface area (Å²) >= 11 is 3.46. The molecule has 0 heterocycles. The third kappa shape index (κ3) is 4.78. The average Bonchev–Trinajstić information content (AvgIpc) is 3.13. The van der Waals surface area contributed by atoms with E-state index in [0.717, 1.165) is 30.1 Å². The largest absolute Gasteiger partial charge is 0.384 e. The Bertz CT molecular complexity index is 335. The van der Waals surface area contributed by atoms with Gasteiger partial charge in [0.05, 0.1) is 6.61 Å². The maximum absolute atomic E-state index is 5.30. The van der Waals surface area contributed by atoms with E-state index < -0.39 is 0 Å². The van der Waals surface area contributed by atoms with E-state index in [1.165, 1.54) is 18.4 Å². The number of nitrogens with one attached hydrogen (secondary N) is 1. The van der Waals surface area contributed by atoms with E-state index >= 15 is 0 Å². The lowest BCUT2D eigenvalue weighted by Crippen LogP contribution is -2.28. The first-order chi connectivity index (χ1) is 8.28. The summed E-state index contributed by atoms with van der Waals surface area (Å²) in [6.45, 7) is 1.89. The molecule has 0 radical (unpaired) electrons. The highest BCUT2D eigenvalue weighted by atomic mass is 79.9. The second-order valence-electron chi connectivity index (χ2n) is 4.83. The molecule has 2 rings (SSSR count). The van der Waals surface area contributed by atoms with E-state index in [-0.39, 0.29) is 0 Å². The topological polar surface area (TPSA) is 21.3 Å². The van der Waals surface area contributed by atoms with Gasteiger partial charge in [-0.25, -0.2) is 0 Å². The van der Waals surface area contributed by atoms with Gasteiger partial charge in [-0.15, -0.1) is 0 Å². The fourth-order valence-corrected chi connectivity index (χ4v) is 2.26. The summed E-state index contributed by atoms with van der Waals surface area (Å²) in [4.78, 5) is 0. The Kier molecular flexibility index (Phi) is 5.01. The van der Waals surface area contributed by atoms with Gasteiger partial charge in [-0.2, -0.15) is 0 Å². The fraction of sp³-hybridized carbons (Fsp3) is 0.571. The molecule has 0 saturated heterocycles. The van der Waals surface area contributed by atoms with E-state index in [0.29, 0.717) is 5.92 Å². The summed E-state index contributed by atoms with van der Waals surface area (Å²) < 4.78 is 6.44. The van der Waals surface area contributed by atoms with Gasteiger partial charge in [0.25, 0.3) is 0 Å². The van der Waals surface area contributed by atoms with Crippen LogP contribution in [0.15, 0.2) is 28.7 Å². The molecule has 1 fully saturated rings. The quantitative estimate of drug-likeness (QED) is 0.835. The highest BCUT2D eigenvalue weighted by molar-refractivity contribution is 9.10. The zero-order valence-corrected chi connectivity index (χ0v) is 11.9. The summed E-state index contributed by atoms with van der Waals surface area (Å²) in [7, 11) is 1.78. The van der Waals surface area contributed by atoms with E-state index in [2.05, 4.69) is 45.5 Å². The monoisotopic (exact) mass is 297 g/mol. The Balaban J connectivity index is 1.84. The Morgan fingerprint density at radius 3 is 2.65 bits per heavy atom. The summed E-state index contributed by atoms with van der Waals surface area (Å²) in [5.74, 6) is 0.571. The average molecular weight is 298 g/mol. The highest BCUT2D eigenvalue weighted by Crippen LogP contribution is 2.20. The molecule has 1 aromatic rings. The van der Waals surface area contributed by atoms with Crippen LogP contribution < -0.4 is 5.32 Å². The number of halogens is 1. The first-order valence-electron chi connectivity index (χ1n) is 6.24. The molecule has 3 heteroatoms. The summed E-state index contributed by atoms with van der Waals surface area (Å²) in [6.07, 6.45) is 3.77. The van der Waals surface area contributed by atoms with E-state index in [4.69, 9.17) is 4.74 Å². The van der Waals surface area contributed by atoms with Crippen molar-refractivity contribution in [2.75, 3.05) is 20.3 Å². The van der Waals surface area contributed by atoms with Crippen LogP contribution in [0.3, 0.4) is 0 Å². The molecule has 0 spiro atoms. The van der Waals surface area contributed by atoms with Crippen LogP contribution in [0.4, 0.5) is 0 Å². The molecule has 17 heavy (non-hydrogen) atoms. The van der Waals surface area contributed by atoms with Crippen LogP contribution in [-0.4, -0.2) is 26.3 Å². The summed E-state index contributed by atoms with van der Waals surface area (Å²) in [6, 6.07) is 9.36. The molecule has 1 aromatic carbocycles. The van der Waals surface area contributed by atoms with Gasteiger partial charge >= 0.3 is 0 Å². The fourth-order valence-electron chi connectivity index (χ4n) is 2.00. The van der Waals surface area contributed by atoms with Gasteiger partial charge in [0.1, 0.15) is 0 Å². The number of hydrogen-bond donors (Lipinski definition) is 1. The summed E-state index contributed by atoms with van der Waals surface area (Å²) in [5, 5.41) is 3.58. The van der Waals surface area contributed by atoms with Gasteiger partial charge in [0.15, 0.2) is 0 Å². The van der Waals surface area contributed by atoms with Crippen molar-refractivity contribution in [3.05, 3.63) is 34.3 Å². The lowest BCUT2D eigenvalue weighted by Gasteiger charge is -2.16. The molecule has 0 aromatic heterocycles. The van der Waals surface area contributed by atoms with E-state index in [1.54, 1.807) is 7.11 Å². The molecule has 1 aliphatic carbocycles. The van der Waals surface area contributed by atoms with Crippen LogP contribution in [0, 0.1) is 5.92 Å². The minimum absolute atomic E-state index is 0.571. The van der Waals surface area contributed by atoms with Crippen molar-refractivity contribution in [3.63, 3.8) is 0 Å². The van der Waals surface area contributed by atoms with Gasteiger partial charge in [-0.1, -0.05) is 28.1 Å². The lowest BCUT2D eigenvalue weighted by atomic mass is 10.00. The SMILES string of the molecule is COCC(CNC1CC1)Cc1ccc(Br)cc1. The van der Waals surface area contributed by atoms with E-state index in [1.807, 2.05) is 0 Å². The second kappa shape index (κ2) is 6.53. The molecular weight excluding hydrogens is 278 g/mol. The van der Waals surface area contributed by atoms with Crippen LogP contribution in [0.25, 0.3) is 0 Å². The third-order valence-electron chi connectivity index (χ3n) is 3.11. The Hall–Kier alpha value is -0.380. The molecule has 1 N–H and O–H groups in total. The van der Waals surface area contributed by atoms with Crippen LogP contribution >= 0.6 is 15.9 Å². The van der Waals surface area contributed by atoms with Crippen molar-refractivity contribution in [1.82, 2.24) is 5.32 Å². The van der Waals surface area contributed by atoms with Crippen LogP contribution in [-0.2, 0) is 11.2 Å². The first-order valence-corrected chi connectivity index (χ1v) is 7.04. The Morgan fingerprint density at radius 1 is 1.35 bits per heavy atom. The molecule has 1 aliphatic rings. The Morgan fingerprint density at radius 2 is 2.06 bits per heavy atom. The highest BCUT2D eigenvalue weighted by Gasteiger charge is 2.21. The van der Waals surface area contributed by atoms with Crippen molar-refractivity contribution in [3.8, 4) is 0 Å². The van der Waals surface area contributed by atoms with Gasteiger partial charge in [-0.05, 0) is 42.9 Å². The van der Waals surface area contributed by atoms with Crippen LogP contribution in [0.5, 0.6) is 0 Å². The first kappa shape index (κ1) is 13.1. The van der Waals surface area contributed by atoms with Gasteiger partial charge in [0.2, 0.25) is 0 Å². The van der Waals surface area contributed by atoms with Crippen molar-refractivity contribution in [2.45, 2.75) is 25.3 Å². The number of ether oxygens (including phenoxy) is 1. The van der Waals surface area contributed by atoms with Crippen LogP contribution in [0.1, 0.15) is 18.4 Å². The maximum Gasteiger partial charge on any atom is 0.0505 e. The van der Waals surface area contributed by atoms with Gasteiger partial charge < -0.3 is 10.1 Å². The molecular formula is C14H20BrNO. The van der Waals surface area contributed by atoms with Crippen molar-refractivity contribution >= 4 is 15.9 Å². The zero-order valence-electron chi connectivity index (χ0n) is 10.3. The molecule has 0 bridgehead atoms. The minimum Gasteiger partial charge on any atom is -0.384 e. The summed E-state index contributed by atoms with van der Waals surface area (Å²) in [5.41, 5.74) is 1.38. The van der Waals surface area contributed by atoms with Crippen molar-refractivity contribution in [1.29, 1.82) is 0 Å². The van der Waals surface area contributed by atoms with Gasteiger partial charge in [-0.3, -0.25) is 0 Å². The number of hydrogen-bond acceptors (Lipinski definition) is 2. The molecule has 94 valence electrons. The van der Waals surface area contributed by atoms with E-state index in [9.17, 15) is 0 Å². The van der Waals surface area contributed by atoms with Gasteiger partial charge in [0, 0.05) is 24.2 Å². The maximum atomic E-state index is 5.30. The molecule has 0 amide bonds. The minimum atomic E-state index is 0.571. The number of methoxy groups -OCH3 is 1. The molecule has 0 aliphatic heterocycles. The zero-order chi connectivity index (χ0) is 12.1. The lowest BCUT2D eigenvalue weighted by molar-refractivity contribution is 0.150. The third-order valence-corrected chi connectivity index (χ3v) is 3.64. The standard InChI is InChI=1S/C14H20BrNO/c1-17-10-12(9-16-14-6-7-14)8-11-2-4-13(15)5-3-11/h2-5,12,14,16H,6-10H2,1H3.